The molecule has 22 heavy (non-hydrogen) atoms. The van der Waals surface area contributed by atoms with Crippen LogP contribution in [-0.2, 0) is 11.8 Å². The highest BCUT2D eigenvalue weighted by Gasteiger charge is 2.36. The van der Waals surface area contributed by atoms with Gasteiger partial charge in [0.15, 0.2) is 0 Å². The number of benzene rings is 1. The molecule has 1 amide bonds. The molecule has 0 unspecified atom stereocenters. The number of carboxylic acid groups (broad SMARTS) is 1. The van der Waals surface area contributed by atoms with E-state index < -0.39 is 11.5 Å². The number of nitrogens with two attached hydrogens (primary N) is 1. The van der Waals surface area contributed by atoms with Crippen molar-refractivity contribution in [3.63, 3.8) is 0 Å². The van der Waals surface area contributed by atoms with Crippen LogP contribution >= 0.6 is 0 Å². The van der Waals surface area contributed by atoms with E-state index in [0.29, 0.717) is 18.5 Å². The molecular formula is C16H19N3O3. The first kappa shape index (κ1) is 14.6. The van der Waals surface area contributed by atoms with Crippen LogP contribution in [0.1, 0.15) is 36.2 Å². The van der Waals surface area contributed by atoms with Gasteiger partial charge in [-0.25, -0.2) is 4.79 Å². The average molecular weight is 301 g/mol. The van der Waals surface area contributed by atoms with E-state index in [1.165, 1.54) is 0 Å². The first-order chi connectivity index (χ1) is 10.4. The van der Waals surface area contributed by atoms with Gasteiger partial charge in [-0.05, 0) is 37.1 Å². The second kappa shape index (κ2) is 5.14. The van der Waals surface area contributed by atoms with Gasteiger partial charge < -0.3 is 20.7 Å². The summed E-state index contributed by atoms with van der Waals surface area (Å²) in [5, 5.41) is 12.8. The normalized spacial score (nSPS) is 16.8. The smallest absolute Gasteiger partial charge is 0.352 e. The Kier molecular flexibility index (Phi) is 3.41. The number of nitrogens with one attached hydrogen (secondary N) is 1. The number of hydrogen-bond donors (Lipinski definition) is 3. The fourth-order valence-electron chi connectivity index (χ4n) is 3.12. The van der Waals surface area contributed by atoms with E-state index in [1.807, 2.05) is 0 Å². The number of aryl methyl sites for hydroxylation is 1. The number of rotatable bonds is 3. The van der Waals surface area contributed by atoms with E-state index in [2.05, 4.69) is 5.32 Å². The van der Waals surface area contributed by atoms with Crippen molar-refractivity contribution in [1.82, 2.24) is 4.57 Å². The van der Waals surface area contributed by atoms with E-state index in [0.717, 1.165) is 23.7 Å². The minimum Gasteiger partial charge on any atom is -0.477 e. The number of aromatic nitrogens is 1. The summed E-state index contributed by atoms with van der Waals surface area (Å²) in [4.78, 5) is 23.5. The Labute approximate surface area is 127 Å². The van der Waals surface area contributed by atoms with Crippen molar-refractivity contribution in [2.45, 2.75) is 31.2 Å². The zero-order valence-corrected chi connectivity index (χ0v) is 12.4. The maximum Gasteiger partial charge on any atom is 0.352 e. The molecule has 0 spiro atoms. The standard InChI is InChI=1S/C16H19N3O3/c1-19-12-5-4-11(8-10(12)9-13(19)14(20)21)18-15(22)16(17)6-2-3-7-16/h4-5,8-9H,2-3,6-7,17H2,1H3,(H,18,22)(H,20,21). The summed E-state index contributed by atoms with van der Waals surface area (Å²) >= 11 is 0. The Morgan fingerprint density at radius 1 is 1.27 bits per heavy atom. The van der Waals surface area contributed by atoms with Gasteiger partial charge in [0.25, 0.3) is 0 Å². The zero-order chi connectivity index (χ0) is 15.9. The Morgan fingerprint density at radius 2 is 1.95 bits per heavy atom. The Balaban J connectivity index is 1.89. The molecule has 1 aromatic heterocycles. The second-order valence-electron chi connectivity index (χ2n) is 5.98. The molecule has 6 heteroatoms. The van der Waals surface area contributed by atoms with Crippen LogP contribution in [0.4, 0.5) is 5.69 Å². The monoisotopic (exact) mass is 301 g/mol. The Morgan fingerprint density at radius 3 is 2.59 bits per heavy atom. The average Bonchev–Trinajstić information content (AvgIpc) is 3.04. The number of aromatic carboxylic acids is 1. The topological polar surface area (TPSA) is 97.4 Å². The maximum atomic E-state index is 12.3. The lowest BCUT2D eigenvalue weighted by Gasteiger charge is -2.22. The fraction of sp³-hybridized carbons (Fsp3) is 0.375. The number of amides is 1. The lowest BCUT2D eigenvalue weighted by molar-refractivity contribution is -0.121. The summed E-state index contributed by atoms with van der Waals surface area (Å²) in [6.45, 7) is 0. The van der Waals surface area contributed by atoms with Gasteiger partial charge >= 0.3 is 5.97 Å². The molecule has 0 aliphatic heterocycles. The van der Waals surface area contributed by atoms with Crippen LogP contribution in [0.2, 0.25) is 0 Å². The van der Waals surface area contributed by atoms with Crippen molar-refractivity contribution in [2.75, 3.05) is 5.32 Å². The van der Waals surface area contributed by atoms with E-state index in [-0.39, 0.29) is 11.6 Å². The summed E-state index contributed by atoms with van der Waals surface area (Å²) in [6, 6.07) is 6.94. The minimum atomic E-state index is -0.976. The van der Waals surface area contributed by atoms with Gasteiger partial charge in [-0.3, -0.25) is 4.79 Å². The number of anilines is 1. The van der Waals surface area contributed by atoms with E-state index in [1.54, 1.807) is 35.9 Å². The van der Waals surface area contributed by atoms with Crippen LogP contribution in [0.5, 0.6) is 0 Å². The highest BCUT2D eigenvalue weighted by Crippen LogP contribution is 2.29. The third kappa shape index (κ3) is 2.35. The fourth-order valence-corrected chi connectivity index (χ4v) is 3.12. The summed E-state index contributed by atoms with van der Waals surface area (Å²) in [5.74, 6) is -1.14. The van der Waals surface area contributed by atoms with Crippen LogP contribution in [0.15, 0.2) is 24.3 Å². The second-order valence-corrected chi connectivity index (χ2v) is 5.98. The molecule has 0 saturated heterocycles. The van der Waals surface area contributed by atoms with Crippen molar-refractivity contribution in [1.29, 1.82) is 0 Å². The first-order valence-corrected chi connectivity index (χ1v) is 7.34. The van der Waals surface area contributed by atoms with E-state index in [4.69, 9.17) is 10.8 Å². The number of hydrogen-bond acceptors (Lipinski definition) is 3. The number of carboxylic acids is 1. The highest BCUT2D eigenvalue weighted by molar-refractivity contribution is 6.01. The molecule has 116 valence electrons. The quantitative estimate of drug-likeness (QED) is 0.808. The molecule has 1 fully saturated rings. The van der Waals surface area contributed by atoms with E-state index in [9.17, 15) is 9.59 Å². The molecule has 1 aliphatic rings. The van der Waals surface area contributed by atoms with Crippen molar-refractivity contribution in [2.24, 2.45) is 12.8 Å². The van der Waals surface area contributed by atoms with Crippen molar-refractivity contribution >= 4 is 28.5 Å². The number of fused-ring (bicyclic) bond motifs is 1. The molecule has 1 aliphatic carbocycles. The predicted molar refractivity (Wildman–Crippen MR) is 83.9 cm³/mol. The van der Waals surface area contributed by atoms with Gasteiger partial charge in [0, 0.05) is 23.6 Å². The summed E-state index contributed by atoms with van der Waals surface area (Å²) < 4.78 is 1.62. The molecule has 1 heterocycles. The van der Waals surface area contributed by atoms with Crippen LogP contribution < -0.4 is 11.1 Å². The lowest BCUT2D eigenvalue weighted by atomic mass is 9.98. The molecule has 0 atom stereocenters. The van der Waals surface area contributed by atoms with Crippen molar-refractivity contribution < 1.29 is 14.7 Å². The molecule has 6 nitrogen and oxygen atoms in total. The van der Waals surface area contributed by atoms with Gasteiger partial charge in [0.2, 0.25) is 5.91 Å². The largest absolute Gasteiger partial charge is 0.477 e. The van der Waals surface area contributed by atoms with Crippen LogP contribution in [0, 0.1) is 0 Å². The van der Waals surface area contributed by atoms with Gasteiger partial charge in [-0.2, -0.15) is 0 Å². The number of carbonyl (C=O) groups is 2. The molecule has 1 aromatic carbocycles. The van der Waals surface area contributed by atoms with Crippen LogP contribution in [0.3, 0.4) is 0 Å². The third-order valence-corrected chi connectivity index (χ3v) is 4.47. The van der Waals surface area contributed by atoms with Gasteiger partial charge in [0.1, 0.15) is 5.69 Å². The summed E-state index contributed by atoms with van der Waals surface area (Å²) in [7, 11) is 1.71. The third-order valence-electron chi connectivity index (χ3n) is 4.47. The van der Waals surface area contributed by atoms with Crippen LogP contribution in [0.25, 0.3) is 10.9 Å². The lowest BCUT2D eigenvalue weighted by Crippen LogP contribution is -2.48. The molecule has 0 bridgehead atoms. The van der Waals surface area contributed by atoms with E-state index >= 15 is 0 Å². The Bertz CT molecular complexity index is 757. The summed E-state index contributed by atoms with van der Waals surface area (Å²) in [6.07, 6.45) is 3.36. The first-order valence-electron chi connectivity index (χ1n) is 7.34. The molecule has 1 saturated carbocycles. The molecule has 2 aromatic rings. The van der Waals surface area contributed by atoms with Gasteiger partial charge in [-0.1, -0.05) is 12.8 Å². The molecule has 0 radical (unpaired) electrons. The predicted octanol–water partition coefficient (Wildman–Crippen LogP) is 2.09. The number of carbonyl (C=O) groups excluding carboxylic acids is 1. The maximum absolute atomic E-state index is 12.3. The minimum absolute atomic E-state index is 0.168. The van der Waals surface area contributed by atoms with Gasteiger partial charge in [-0.15, -0.1) is 0 Å². The highest BCUT2D eigenvalue weighted by atomic mass is 16.4. The van der Waals surface area contributed by atoms with Crippen LogP contribution in [-0.4, -0.2) is 27.1 Å². The van der Waals surface area contributed by atoms with Crippen molar-refractivity contribution in [3.05, 3.63) is 30.0 Å². The SMILES string of the molecule is Cn1c(C(=O)O)cc2cc(NC(=O)C3(N)CCCC3)ccc21. The molecule has 3 rings (SSSR count). The summed E-state index contributed by atoms with van der Waals surface area (Å²) in [5.41, 5.74) is 7.01. The molecular weight excluding hydrogens is 282 g/mol. The number of nitrogens with zero attached hydrogens (tertiary/aromatic N) is 1. The molecule has 4 N–H and O–H groups in total. The van der Waals surface area contributed by atoms with Crippen molar-refractivity contribution in [3.8, 4) is 0 Å². The zero-order valence-electron chi connectivity index (χ0n) is 12.4. The Hall–Kier alpha value is -2.34. The van der Waals surface area contributed by atoms with Gasteiger partial charge in [0.05, 0.1) is 5.54 Å².